The molecule has 2 nitrogen and oxygen atoms in total. The minimum absolute atomic E-state index is 0.233. The Bertz CT molecular complexity index is 494. The molecule has 0 atom stereocenters. The van der Waals surface area contributed by atoms with Crippen LogP contribution in [-0.2, 0) is 0 Å². The topological polar surface area (TPSA) is 37.3 Å². The van der Waals surface area contributed by atoms with Gasteiger partial charge in [0.15, 0.2) is 5.78 Å². The summed E-state index contributed by atoms with van der Waals surface area (Å²) >= 11 is 0. The number of carbonyl (C=O) groups excluding carboxylic acids is 1. The lowest BCUT2D eigenvalue weighted by atomic mass is 9.48. The molecule has 2 heteroatoms. The molecule has 0 heterocycles. The highest BCUT2D eigenvalue weighted by Crippen LogP contribution is 2.61. The number of phenolic OH excluding ortho intramolecular Hbond substituents is 1. The molecule has 4 saturated carbocycles. The number of ketones is 1. The van der Waals surface area contributed by atoms with Crippen LogP contribution in [-0.4, -0.2) is 10.9 Å². The van der Waals surface area contributed by atoms with Crippen LogP contribution in [0.5, 0.6) is 5.75 Å². The second-order valence-corrected chi connectivity index (χ2v) is 7.56. The summed E-state index contributed by atoms with van der Waals surface area (Å²) < 4.78 is 0. The number of hydrogen-bond donors (Lipinski definition) is 1. The van der Waals surface area contributed by atoms with Crippen molar-refractivity contribution in [1.82, 2.24) is 0 Å². The van der Waals surface area contributed by atoms with E-state index in [1.807, 2.05) is 0 Å². The summed E-state index contributed by atoms with van der Waals surface area (Å²) in [5.74, 6) is 3.19. The van der Waals surface area contributed by atoms with E-state index in [0.717, 1.165) is 29.7 Å². The summed E-state index contributed by atoms with van der Waals surface area (Å²) in [6.07, 6.45) is 8.84. The third-order valence-electron chi connectivity index (χ3n) is 5.89. The molecule has 1 aromatic rings. The molecule has 4 aliphatic rings. The predicted molar refractivity (Wildman–Crippen MR) is 77.7 cm³/mol. The molecule has 106 valence electrons. The lowest BCUT2D eigenvalue weighted by Gasteiger charge is -2.56. The first-order chi connectivity index (χ1) is 9.62. The van der Waals surface area contributed by atoms with Crippen LogP contribution in [0.15, 0.2) is 24.3 Å². The number of hydrogen-bond acceptors (Lipinski definition) is 2. The summed E-state index contributed by atoms with van der Waals surface area (Å²) in [5, 5.41) is 9.33. The largest absolute Gasteiger partial charge is 0.508 e. The Hall–Kier alpha value is -1.31. The Morgan fingerprint density at radius 3 is 2.00 bits per heavy atom. The maximum Gasteiger partial charge on any atom is 0.163 e. The molecule has 4 fully saturated rings. The van der Waals surface area contributed by atoms with Gasteiger partial charge in [-0.05, 0) is 86.0 Å². The van der Waals surface area contributed by atoms with E-state index in [2.05, 4.69) is 0 Å². The van der Waals surface area contributed by atoms with Crippen LogP contribution < -0.4 is 0 Å². The molecule has 5 rings (SSSR count). The summed E-state index contributed by atoms with van der Waals surface area (Å²) in [4.78, 5) is 12.6. The van der Waals surface area contributed by atoms with Gasteiger partial charge in [-0.1, -0.05) is 0 Å². The molecule has 0 amide bonds. The van der Waals surface area contributed by atoms with Gasteiger partial charge in [-0.3, -0.25) is 4.79 Å². The summed E-state index contributed by atoms with van der Waals surface area (Å²) in [6.45, 7) is 0. The summed E-state index contributed by atoms with van der Waals surface area (Å²) in [7, 11) is 0. The molecule has 0 aliphatic heterocycles. The van der Waals surface area contributed by atoms with Crippen LogP contribution in [0.1, 0.15) is 55.3 Å². The highest BCUT2D eigenvalue weighted by molar-refractivity contribution is 5.96. The quantitative estimate of drug-likeness (QED) is 0.836. The lowest BCUT2D eigenvalue weighted by Crippen LogP contribution is -2.46. The molecule has 20 heavy (non-hydrogen) atoms. The third kappa shape index (κ3) is 2.06. The van der Waals surface area contributed by atoms with Crippen LogP contribution in [0.3, 0.4) is 0 Å². The van der Waals surface area contributed by atoms with Gasteiger partial charge in [-0.2, -0.15) is 0 Å². The lowest BCUT2D eigenvalue weighted by molar-refractivity contribution is -0.0524. The van der Waals surface area contributed by atoms with E-state index in [1.54, 1.807) is 24.3 Å². The van der Waals surface area contributed by atoms with Crippen molar-refractivity contribution in [1.29, 1.82) is 0 Å². The molecule has 4 bridgehead atoms. The van der Waals surface area contributed by atoms with Gasteiger partial charge in [0.1, 0.15) is 5.75 Å². The molecule has 0 spiro atoms. The smallest absolute Gasteiger partial charge is 0.163 e. The minimum atomic E-state index is 0.233. The minimum Gasteiger partial charge on any atom is -0.508 e. The third-order valence-corrected chi connectivity index (χ3v) is 5.89. The SMILES string of the molecule is O=C(CC12CC3CC(CC(C3)C1)C2)c1ccc(O)cc1. The van der Waals surface area contributed by atoms with E-state index >= 15 is 0 Å². The number of carbonyl (C=O) groups is 1. The van der Waals surface area contributed by atoms with Gasteiger partial charge in [0.05, 0.1) is 0 Å². The number of rotatable bonds is 3. The fourth-order valence-electron chi connectivity index (χ4n) is 5.60. The number of phenols is 1. The van der Waals surface area contributed by atoms with Crippen molar-refractivity contribution in [2.75, 3.05) is 0 Å². The van der Waals surface area contributed by atoms with Crippen molar-refractivity contribution in [2.24, 2.45) is 23.2 Å². The van der Waals surface area contributed by atoms with Crippen LogP contribution in [0, 0.1) is 23.2 Å². The molecule has 1 N–H and O–H groups in total. The van der Waals surface area contributed by atoms with E-state index < -0.39 is 0 Å². The van der Waals surface area contributed by atoms with Crippen LogP contribution in [0.2, 0.25) is 0 Å². The second-order valence-electron chi connectivity index (χ2n) is 7.56. The van der Waals surface area contributed by atoms with Crippen molar-refractivity contribution in [3.8, 4) is 5.75 Å². The Balaban J connectivity index is 1.53. The number of aromatic hydroxyl groups is 1. The molecule has 4 aliphatic carbocycles. The summed E-state index contributed by atoms with van der Waals surface area (Å²) in [5.41, 5.74) is 1.07. The monoisotopic (exact) mass is 270 g/mol. The molecule has 0 saturated heterocycles. The molecular formula is C18H22O2. The Labute approximate surface area is 120 Å². The van der Waals surface area contributed by atoms with Gasteiger partial charge < -0.3 is 5.11 Å². The van der Waals surface area contributed by atoms with Crippen molar-refractivity contribution in [3.63, 3.8) is 0 Å². The van der Waals surface area contributed by atoms with Crippen LogP contribution >= 0.6 is 0 Å². The fraction of sp³-hybridized carbons (Fsp3) is 0.611. The van der Waals surface area contributed by atoms with E-state index in [-0.39, 0.29) is 11.5 Å². The van der Waals surface area contributed by atoms with E-state index in [0.29, 0.717) is 5.41 Å². The Kier molecular flexibility index (Phi) is 2.70. The van der Waals surface area contributed by atoms with Gasteiger partial charge in [0.2, 0.25) is 0 Å². The average molecular weight is 270 g/mol. The second kappa shape index (κ2) is 4.34. The first-order valence-corrected chi connectivity index (χ1v) is 7.94. The number of benzene rings is 1. The zero-order valence-electron chi connectivity index (χ0n) is 11.8. The predicted octanol–water partition coefficient (Wildman–Crippen LogP) is 4.18. The standard InChI is InChI=1S/C18H22O2/c19-16-3-1-15(2-4-16)17(20)11-18-8-12-5-13(9-18)7-14(6-12)10-18/h1-4,12-14,19H,5-11H2. The van der Waals surface area contributed by atoms with Crippen molar-refractivity contribution in [3.05, 3.63) is 29.8 Å². The zero-order valence-corrected chi connectivity index (χ0v) is 11.8. The van der Waals surface area contributed by atoms with Crippen LogP contribution in [0.4, 0.5) is 0 Å². The van der Waals surface area contributed by atoms with E-state index in [4.69, 9.17) is 0 Å². The fourth-order valence-corrected chi connectivity index (χ4v) is 5.60. The zero-order chi connectivity index (χ0) is 13.7. The Morgan fingerprint density at radius 1 is 1.00 bits per heavy atom. The van der Waals surface area contributed by atoms with Gasteiger partial charge >= 0.3 is 0 Å². The van der Waals surface area contributed by atoms with Crippen molar-refractivity contribution in [2.45, 2.75) is 44.9 Å². The average Bonchev–Trinajstić information content (AvgIpc) is 2.37. The maximum atomic E-state index is 12.6. The first-order valence-electron chi connectivity index (χ1n) is 7.94. The van der Waals surface area contributed by atoms with Crippen molar-refractivity contribution >= 4 is 5.78 Å². The molecule has 0 radical (unpaired) electrons. The van der Waals surface area contributed by atoms with Gasteiger partial charge in [-0.15, -0.1) is 0 Å². The maximum absolute atomic E-state index is 12.6. The summed E-state index contributed by atoms with van der Waals surface area (Å²) in [6, 6.07) is 6.76. The molecule has 1 aromatic carbocycles. The normalized spacial score (nSPS) is 38.1. The highest BCUT2D eigenvalue weighted by Gasteiger charge is 2.51. The van der Waals surface area contributed by atoms with Gasteiger partial charge in [-0.25, -0.2) is 0 Å². The first kappa shape index (κ1) is 12.4. The highest BCUT2D eigenvalue weighted by atomic mass is 16.3. The molecular weight excluding hydrogens is 248 g/mol. The number of Topliss-reactive ketones (excluding diaryl/α,β-unsaturated/α-hetero) is 1. The van der Waals surface area contributed by atoms with Crippen molar-refractivity contribution < 1.29 is 9.90 Å². The van der Waals surface area contributed by atoms with Crippen LogP contribution in [0.25, 0.3) is 0 Å². The van der Waals surface area contributed by atoms with Gasteiger partial charge in [0, 0.05) is 12.0 Å². The molecule has 0 aromatic heterocycles. The van der Waals surface area contributed by atoms with Gasteiger partial charge in [0.25, 0.3) is 0 Å². The molecule has 0 unspecified atom stereocenters. The Morgan fingerprint density at radius 2 is 1.50 bits per heavy atom. The van der Waals surface area contributed by atoms with E-state index in [1.165, 1.54) is 38.5 Å². The van der Waals surface area contributed by atoms with E-state index in [9.17, 15) is 9.90 Å².